The Balaban J connectivity index is 1.49. The van der Waals surface area contributed by atoms with Gasteiger partial charge in [-0.15, -0.1) is 0 Å². The second-order valence-corrected chi connectivity index (χ2v) is 6.34. The Morgan fingerprint density at radius 3 is 2.55 bits per heavy atom. The van der Waals surface area contributed by atoms with Crippen LogP contribution in [0.15, 0.2) is 47.7 Å². The molecule has 0 radical (unpaired) electrons. The summed E-state index contributed by atoms with van der Waals surface area (Å²) in [5.41, 5.74) is -0.969. The van der Waals surface area contributed by atoms with E-state index in [1.807, 2.05) is 0 Å². The normalized spacial score (nSPS) is 11.7. The molecular weight excluding hydrogens is 421 g/mol. The SMILES string of the molecule is O=C(O)c1cnn(-c2nc3cnn(CCOc4ccc(C(F)(F)F)cc4)c3c(=O)[nH]2)c1. The number of ether oxygens (including phenoxy) is 1. The first-order valence-corrected chi connectivity index (χ1v) is 8.76. The topological polar surface area (TPSA) is 128 Å². The van der Waals surface area contributed by atoms with E-state index in [-0.39, 0.29) is 41.4 Å². The third-order valence-electron chi connectivity index (χ3n) is 4.29. The van der Waals surface area contributed by atoms with Gasteiger partial charge in [0.05, 0.1) is 30.1 Å². The van der Waals surface area contributed by atoms with Gasteiger partial charge in [0.1, 0.15) is 17.9 Å². The van der Waals surface area contributed by atoms with Crippen LogP contribution in [0.4, 0.5) is 13.2 Å². The summed E-state index contributed by atoms with van der Waals surface area (Å²) in [5.74, 6) is -0.909. The number of hydrogen-bond donors (Lipinski definition) is 2. The van der Waals surface area contributed by atoms with E-state index in [1.165, 1.54) is 29.2 Å². The molecule has 0 bridgehead atoms. The Morgan fingerprint density at radius 2 is 1.90 bits per heavy atom. The van der Waals surface area contributed by atoms with E-state index in [9.17, 15) is 22.8 Å². The fraction of sp³-hybridized carbons (Fsp3) is 0.167. The highest BCUT2D eigenvalue weighted by Crippen LogP contribution is 2.30. The molecule has 13 heteroatoms. The molecule has 10 nitrogen and oxygen atoms in total. The lowest BCUT2D eigenvalue weighted by Crippen LogP contribution is -2.18. The van der Waals surface area contributed by atoms with Gasteiger partial charge in [-0.2, -0.15) is 23.4 Å². The first-order chi connectivity index (χ1) is 14.7. The first-order valence-electron chi connectivity index (χ1n) is 8.76. The van der Waals surface area contributed by atoms with Crippen molar-refractivity contribution in [3.05, 3.63) is 64.3 Å². The number of halogens is 3. The van der Waals surface area contributed by atoms with Crippen molar-refractivity contribution in [3.8, 4) is 11.7 Å². The molecule has 0 aliphatic carbocycles. The quantitative estimate of drug-likeness (QED) is 0.476. The van der Waals surface area contributed by atoms with E-state index in [1.54, 1.807) is 0 Å². The minimum absolute atomic E-state index is 0.0190. The molecule has 4 rings (SSSR count). The van der Waals surface area contributed by atoms with Crippen LogP contribution in [-0.4, -0.2) is 47.2 Å². The second-order valence-electron chi connectivity index (χ2n) is 6.34. The molecular formula is C18H13F3N6O4. The Bertz CT molecular complexity index is 1310. The molecule has 0 fully saturated rings. The lowest BCUT2D eigenvalue weighted by atomic mass is 10.2. The molecule has 160 valence electrons. The fourth-order valence-corrected chi connectivity index (χ4v) is 2.81. The van der Waals surface area contributed by atoms with Gasteiger partial charge in [-0.3, -0.25) is 14.5 Å². The Morgan fingerprint density at radius 1 is 1.16 bits per heavy atom. The number of aromatic amines is 1. The molecule has 31 heavy (non-hydrogen) atoms. The maximum atomic E-state index is 12.6. The predicted molar refractivity (Wildman–Crippen MR) is 99.2 cm³/mol. The number of benzene rings is 1. The van der Waals surface area contributed by atoms with Crippen molar-refractivity contribution in [3.63, 3.8) is 0 Å². The number of carboxylic acids is 1. The van der Waals surface area contributed by atoms with Crippen LogP contribution < -0.4 is 10.3 Å². The minimum Gasteiger partial charge on any atom is -0.492 e. The highest BCUT2D eigenvalue weighted by atomic mass is 19.4. The zero-order valence-corrected chi connectivity index (χ0v) is 15.5. The highest BCUT2D eigenvalue weighted by Gasteiger charge is 2.30. The Hall–Kier alpha value is -4.16. The molecule has 3 aromatic heterocycles. The number of carbonyl (C=O) groups is 1. The molecule has 3 heterocycles. The lowest BCUT2D eigenvalue weighted by molar-refractivity contribution is -0.137. The number of alkyl halides is 3. The summed E-state index contributed by atoms with van der Waals surface area (Å²) in [6.45, 7) is 0.185. The minimum atomic E-state index is -4.43. The zero-order valence-electron chi connectivity index (χ0n) is 15.5. The van der Waals surface area contributed by atoms with Crippen LogP contribution in [0.1, 0.15) is 15.9 Å². The monoisotopic (exact) mass is 434 g/mol. The maximum Gasteiger partial charge on any atom is 0.416 e. The Kier molecular flexibility index (Phi) is 4.93. The molecule has 0 amide bonds. The van der Waals surface area contributed by atoms with E-state index in [2.05, 4.69) is 20.2 Å². The van der Waals surface area contributed by atoms with Gasteiger partial charge in [0.2, 0.25) is 5.95 Å². The molecule has 4 aromatic rings. The summed E-state index contributed by atoms with van der Waals surface area (Å²) >= 11 is 0. The van der Waals surface area contributed by atoms with Crippen LogP contribution in [-0.2, 0) is 12.7 Å². The number of nitrogens with zero attached hydrogens (tertiary/aromatic N) is 5. The van der Waals surface area contributed by atoms with Gasteiger partial charge in [-0.1, -0.05) is 0 Å². The first kappa shape index (κ1) is 20.1. The van der Waals surface area contributed by atoms with E-state index in [4.69, 9.17) is 9.84 Å². The van der Waals surface area contributed by atoms with E-state index >= 15 is 0 Å². The lowest BCUT2D eigenvalue weighted by Gasteiger charge is -2.09. The van der Waals surface area contributed by atoms with Gasteiger partial charge in [-0.25, -0.2) is 14.5 Å². The van der Waals surface area contributed by atoms with Gasteiger partial charge in [-0.05, 0) is 24.3 Å². The predicted octanol–water partition coefficient (Wildman–Crippen LogP) is 2.10. The number of hydrogen-bond acceptors (Lipinski definition) is 6. The van der Waals surface area contributed by atoms with Crippen molar-refractivity contribution < 1.29 is 27.8 Å². The van der Waals surface area contributed by atoms with E-state index < -0.39 is 23.3 Å². The van der Waals surface area contributed by atoms with E-state index in [0.717, 1.165) is 23.0 Å². The number of rotatable bonds is 6. The second kappa shape index (κ2) is 7.59. The van der Waals surface area contributed by atoms with Gasteiger partial charge in [0, 0.05) is 6.20 Å². The van der Waals surface area contributed by atoms with Gasteiger partial charge >= 0.3 is 12.1 Å². The molecule has 0 atom stereocenters. The van der Waals surface area contributed by atoms with Crippen molar-refractivity contribution in [1.82, 2.24) is 29.5 Å². The number of aromatic nitrogens is 6. The average molecular weight is 434 g/mol. The number of nitrogens with one attached hydrogen (secondary N) is 1. The molecule has 0 unspecified atom stereocenters. The van der Waals surface area contributed by atoms with Crippen LogP contribution in [0.3, 0.4) is 0 Å². The van der Waals surface area contributed by atoms with Gasteiger partial charge in [0.15, 0.2) is 5.52 Å². The third kappa shape index (κ3) is 4.10. The van der Waals surface area contributed by atoms with Crippen LogP contribution in [0.5, 0.6) is 5.75 Å². The summed E-state index contributed by atoms with van der Waals surface area (Å²) in [6, 6.07) is 4.25. The molecule has 1 aromatic carbocycles. The van der Waals surface area contributed by atoms with Crippen molar-refractivity contribution in [1.29, 1.82) is 0 Å². The molecule has 0 saturated carbocycles. The van der Waals surface area contributed by atoms with Crippen molar-refractivity contribution in [2.75, 3.05) is 6.61 Å². The molecule has 0 aliphatic rings. The van der Waals surface area contributed by atoms with Crippen LogP contribution in [0.25, 0.3) is 17.0 Å². The summed E-state index contributed by atoms with van der Waals surface area (Å²) in [5, 5.41) is 16.9. The third-order valence-corrected chi connectivity index (χ3v) is 4.29. The maximum absolute atomic E-state index is 12.6. The fourth-order valence-electron chi connectivity index (χ4n) is 2.81. The van der Waals surface area contributed by atoms with Gasteiger partial charge in [0.25, 0.3) is 5.56 Å². The van der Waals surface area contributed by atoms with Crippen molar-refractivity contribution in [2.45, 2.75) is 12.7 Å². The van der Waals surface area contributed by atoms with Crippen molar-refractivity contribution in [2.24, 2.45) is 0 Å². The van der Waals surface area contributed by atoms with Crippen LogP contribution in [0, 0.1) is 0 Å². The van der Waals surface area contributed by atoms with Gasteiger partial charge < -0.3 is 9.84 Å². The zero-order chi connectivity index (χ0) is 22.2. The summed E-state index contributed by atoms with van der Waals surface area (Å²) in [4.78, 5) is 30.2. The summed E-state index contributed by atoms with van der Waals surface area (Å²) in [7, 11) is 0. The molecule has 0 saturated heterocycles. The molecule has 0 aliphatic heterocycles. The molecule has 0 spiro atoms. The smallest absolute Gasteiger partial charge is 0.416 e. The van der Waals surface area contributed by atoms with E-state index in [0.29, 0.717) is 0 Å². The average Bonchev–Trinajstić information content (AvgIpc) is 3.35. The Labute approximate surface area is 170 Å². The summed E-state index contributed by atoms with van der Waals surface area (Å²) in [6.07, 6.45) is -0.748. The number of carboxylic acid groups (broad SMARTS) is 1. The van der Waals surface area contributed by atoms with Crippen molar-refractivity contribution >= 4 is 17.0 Å². The summed E-state index contributed by atoms with van der Waals surface area (Å²) < 4.78 is 45.7. The van der Waals surface area contributed by atoms with Crippen LogP contribution >= 0.6 is 0 Å². The highest BCUT2D eigenvalue weighted by molar-refractivity contribution is 5.87. The number of H-pyrrole nitrogens is 1. The molecule has 2 N–H and O–H groups in total. The number of aromatic carboxylic acids is 1. The standard InChI is InChI=1S/C18H13F3N6O4/c19-18(20,21)11-1-3-12(4-2-11)31-6-5-26-14-13(8-23-26)24-17(25-15(14)28)27-9-10(7-22-27)16(29)30/h1-4,7-9H,5-6H2,(H,29,30)(H,24,25,28). The largest absolute Gasteiger partial charge is 0.492 e. The number of fused-ring (bicyclic) bond motifs is 1. The van der Waals surface area contributed by atoms with Crippen LogP contribution in [0.2, 0.25) is 0 Å².